The zero-order chi connectivity index (χ0) is 26.5. The smallest absolute Gasteiger partial charge is 0.251 e. The minimum Gasteiger partial charge on any atom is -0.303 e. The monoisotopic (exact) mass is 482 g/mol. The van der Waals surface area contributed by atoms with Crippen molar-refractivity contribution in [1.29, 1.82) is 0 Å². The van der Waals surface area contributed by atoms with Crippen LogP contribution in [-0.2, 0) is 15.0 Å². The molecule has 0 N–H and O–H groups in total. The lowest BCUT2D eigenvalue weighted by Crippen LogP contribution is -2.55. The largest absolute Gasteiger partial charge is 0.303 e. The lowest BCUT2D eigenvalue weighted by molar-refractivity contribution is -0.116. The van der Waals surface area contributed by atoms with Crippen LogP contribution in [0.5, 0.6) is 0 Å². The van der Waals surface area contributed by atoms with Gasteiger partial charge in [0.15, 0.2) is 0 Å². The van der Waals surface area contributed by atoms with E-state index in [4.69, 9.17) is 0 Å². The summed E-state index contributed by atoms with van der Waals surface area (Å²) in [5.74, 6) is -0.0182. The lowest BCUT2D eigenvalue weighted by atomic mass is 9.64. The zero-order valence-electron chi connectivity index (χ0n) is 22.8. The minimum atomic E-state index is -0.424. The number of nitrogens with zero attached hydrogens (tertiary/aromatic N) is 2. The molecule has 0 radical (unpaired) electrons. The molecule has 2 heterocycles. The van der Waals surface area contributed by atoms with Crippen LogP contribution in [0, 0.1) is 0 Å². The average Bonchev–Trinajstić information content (AvgIpc) is 2.78. The van der Waals surface area contributed by atoms with Crippen LogP contribution in [-0.4, -0.2) is 22.9 Å². The molecule has 4 heteroatoms. The third-order valence-corrected chi connectivity index (χ3v) is 7.64. The fraction of sp³-hybridized carbons (Fsp3) is 0.375. The Hall–Kier alpha value is -3.40. The Balaban J connectivity index is 1.91. The van der Waals surface area contributed by atoms with Crippen molar-refractivity contribution in [1.82, 2.24) is 0 Å². The molecule has 2 aromatic carbocycles. The number of allylic oxidation sites excluding steroid dienone is 3. The zero-order valence-corrected chi connectivity index (χ0v) is 22.8. The van der Waals surface area contributed by atoms with E-state index in [0.29, 0.717) is 0 Å². The molecule has 36 heavy (non-hydrogen) atoms. The summed E-state index contributed by atoms with van der Waals surface area (Å²) in [7, 11) is 0. The molecule has 0 bridgehead atoms. The Morgan fingerprint density at radius 2 is 1.44 bits per heavy atom. The molecule has 0 saturated heterocycles. The summed E-state index contributed by atoms with van der Waals surface area (Å²) in [5, 5.41) is 0. The van der Waals surface area contributed by atoms with Crippen molar-refractivity contribution in [2.45, 2.75) is 78.3 Å². The van der Waals surface area contributed by atoms with Gasteiger partial charge in [-0.1, -0.05) is 49.4 Å². The van der Waals surface area contributed by atoms with Crippen molar-refractivity contribution in [3.05, 3.63) is 89.5 Å². The molecule has 0 spiro atoms. The fourth-order valence-corrected chi connectivity index (χ4v) is 6.39. The van der Waals surface area contributed by atoms with Gasteiger partial charge in [-0.05, 0) is 102 Å². The highest BCUT2D eigenvalue weighted by molar-refractivity contribution is 6.06. The highest BCUT2D eigenvalue weighted by Gasteiger charge is 2.47. The fourth-order valence-electron chi connectivity index (χ4n) is 6.39. The van der Waals surface area contributed by atoms with E-state index in [1.807, 2.05) is 29.7 Å². The van der Waals surface area contributed by atoms with Crippen molar-refractivity contribution in [2.24, 2.45) is 0 Å². The quantitative estimate of drug-likeness (QED) is 0.435. The molecule has 4 nitrogen and oxygen atoms in total. The number of carbonyl (C=O) groups is 2. The van der Waals surface area contributed by atoms with Crippen molar-refractivity contribution in [2.75, 3.05) is 9.80 Å². The maximum atomic E-state index is 13.2. The first-order valence-electron chi connectivity index (χ1n) is 12.7. The van der Waals surface area contributed by atoms with Crippen molar-refractivity contribution < 1.29 is 9.59 Å². The van der Waals surface area contributed by atoms with Gasteiger partial charge in [-0.2, -0.15) is 0 Å². The second-order valence-electron chi connectivity index (χ2n) is 11.4. The molecule has 0 aliphatic carbocycles. The first-order chi connectivity index (χ1) is 16.9. The maximum Gasteiger partial charge on any atom is 0.251 e. The van der Waals surface area contributed by atoms with Gasteiger partial charge in [-0.15, -0.1) is 0 Å². The molecule has 2 aromatic rings. The second kappa shape index (κ2) is 8.92. The highest BCUT2D eigenvalue weighted by Crippen LogP contribution is 2.52. The summed E-state index contributed by atoms with van der Waals surface area (Å²) >= 11 is 0. The molecule has 0 fully saturated rings. The van der Waals surface area contributed by atoms with Crippen LogP contribution < -0.4 is 9.80 Å². The summed E-state index contributed by atoms with van der Waals surface area (Å²) in [6, 6.07) is 14.8. The second-order valence-corrected chi connectivity index (χ2v) is 11.4. The first kappa shape index (κ1) is 25.7. The Bertz CT molecular complexity index is 1310. The van der Waals surface area contributed by atoms with Gasteiger partial charge in [0.05, 0.1) is 11.2 Å². The molecule has 0 aromatic heterocycles. The van der Waals surface area contributed by atoms with E-state index in [1.54, 1.807) is 24.3 Å². The van der Waals surface area contributed by atoms with E-state index < -0.39 is 11.1 Å². The van der Waals surface area contributed by atoms with Gasteiger partial charge in [0, 0.05) is 22.2 Å². The number of hydrogen-bond donors (Lipinski definition) is 0. The van der Waals surface area contributed by atoms with E-state index >= 15 is 0 Å². The number of fused-ring (bicyclic) bond motifs is 2. The molecule has 2 amide bonds. The normalized spacial score (nSPS) is 22.4. The Kier molecular flexibility index (Phi) is 6.36. The number of rotatable bonds is 3. The molecule has 0 saturated carbocycles. The molecule has 2 aliphatic heterocycles. The van der Waals surface area contributed by atoms with Gasteiger partial charge in [0.2, 0.25) is 0 Å². The molecule has 0 unspecified atom stereocenters. The number of amides is 2. The van der Waals surface area contributed by atoms with Gasteiger partial charge < -0.3 is 4.90 Å². The van der Waals surface area contributed by atoms with Crippen LogP contribution in [0.3, 0.4) is 0 Å². The minimum absolute atomic E-state index is 0.00147. The topological polar surface area (TPSA) is 40.6 Å². The summed E-state index contributed by atoms with van der Waals surface area (Å²) < 4.78 is 0. The van der Waals surface area contributed by atoms with E-state index in [9.17, 15) is 9.59 Å². The van der Waals surface area contributed by atoms with E-state index in [2.05, 4.69) is 84.0 Å². The van der Waals surface area contributed by atoms with Gasteiger partial charge in [0.25, 0.3) is 11.8 Å². The van der Waals surface area contributed by atoms with Crippen molar-refractivity contribution >= 4 is 28.8 Å². The highest BCUT2D eigenvalue weighted by atomic mass is 16.2. The van der Waals surface area contributed by atoms with E-state index in [-0.39, 0.29) is 17.2 Å². The molecular formula is C32H38N2O2. The van der Waals surface area contributed by atoms with E-state index in [1.165, 1.54) is 11.1 Å². The summed E-state index contributed by atoms with van der Waals surface area (Å²) in [6.07, 6.45) is 9.82. The summed E-state index contributed by atoms with van der Waals surface area (Å²) in [4.78, 5) is 30.1. The van der Waals surface area contributed by atoms with Crippen LogP contribution >= 0.6 is 0 Å². The number of para-hydroxylation sites is 1. The predicted octanol–water partition coefficient (Wildman–Crippen LogP) is 7.19. The molecule has 4 rings (SSSR count). The van der Waals surface area contributed by atoms with Crippen LogP contribution in [0.15, 0.2) is 72.8 Å². The molecular weight excluding hydrogens is 444 g/mol. The average molecular weight is 483 g/mol. The van der Waals surface area contributed by atoms with Gasteiger partial charge >= 0.3 is 0 Å². The third kappa shape index (κ3) is 4.03. The van der Waals surface area contributed by atoms with Crippen molar-refractivity contribution in [3.63, 3.8) is 0 Å². The van der Waals surface area contributed by atoms with Crippen LogP contribution in [0.1, 0.15) is 78.5 Å². The van der Waals surface area contributed by atoms with Gasteiger partial charge in [0.1, 0.15) is 0 Å². The Morgan fingerprint density at radius 1 is 0.833 bits per heavy atom. The van der Waals surface area contributed by atoms with Gasteiger partial charge in [-0.25, -0.2) is 0 Å². The molecule has 2 aliphatic rings. The number of hydrogen-bond acceptors (Lipinski definition) is 2. The first-order valence-corrected chi connectivity index (χ1v) is 12.7. The lowest BCUT2D eigenvalue weighted by Gasteiger charge is -2.51. The van der Waals surface area contributed by atoms with Crippen LogP contribution in [0.25, 0.3) is 5.57 Å². The standard InChI is InChI=1S/C32H38N2O2/c1-9-13-28(35)33-26-18-17-23(19-24(26)22(3)20-30(33,4)5)32(8)21-31(6,7)34(29(36)14-10-2)27-16-12-11-15-25(27)32/h9-20H,21H2,1-8H3/b13-9-,14-10+/t32-/m0/s1. The predicted molar refractivity (Wildman–Crippen MR) is 150 cm³/mol. The number of benzene rings is 2. The molecule has 188 valence electrons. The van der Waals surface area contributed by atoms with E-state index in [0.717, 1.165) is 28.9 Å². The summed E-state index contributed by atoms with van der Waals surface area (Å²) in [6.45, 7) is 16.6. The maximum absolute atomic E-state index is 13.2. The molecule has 1 atom stereocenters. The third-order valence-electron chi connectivity index (χ3n) is 7.64. The SMILES string of the molecule is C/C=C\C(=O)N1c2ccc([C@]3(C)CC(C)(C)N(C(=O)/C=C/C)c4ccccc43)cc2C(C)=CC1(C)C. The van der Waals surface area contributed by atoms with Gasteiger partial charge in [-0.3, -0.25) is 14.5 Å². The van der Waals surface area contributed by atoms with Crippen molar-refractivity contribution in [3.8, 4) is 0 Å². The number of carbonyl (C=O) groups excluding carboxylic acids is 2. The Morgan fingerprint density at radius 3 is 2.08 bits per heavy atom. The summed E-state index contributed by atoms with van der Waals surface area (Å²) in [5.41, 5.74) is 5.33. The Labute approximate surface area is 216 Å². The number of anilines is 2. The van der Waals surface area contributed by atoms with Crippen LogP contribution in [0.4, 0.5) is 11.4 Å². The van der Waals surface area contributed by atoms with Crippen LogP contribution in [0.2, 0.25) is 0 Å².